The number of esters is 1. The fraction of sp³-hybridized carbons (Fsp3) is 0.250. The number of ether oxygens (including phenoxy) is 1. The Balaban J connectivity index is 2.51. The summed E-state index contributed by atoms with van der Waals surface area (Å²) < 4.78 is 4.54. The van der Waals surface area contributed by atoms with Gasteiger partial charge in [0.2, 0.25) is 0 Å². The summed E-state index contributed by atoms with van der Waals surface area (Å²) in [6, 6.07) is 6.83. The summed E-state index contributed by atoms with van der Waals surface area (Å²) in [5, 5.41) is 9.08. The fourth-order valence-electron chi connectivity index (χ4n) is 1.24. The van der Waals surface area contributed by atoms with E-state index >= 15 is 0 Å². The third-order valence-corrected chi connectivity index (χ3v) is 2.01. The first-order valence-electron chi connectivity index (χ1n) is 4.63. The second kappa shape index (κ2) is 5.20. The highest BCUT2D eigenvalue weighted by molar-refractivity contribution is 5.72. The molecule has 0 heterocycles. The number of rotatable bonds is 4. The average Bonchev–Trinajstić information content (AvgIpc) is 2.21. The summed E-state index contributed by atoms with van der Waals surface area (Å²) in [7, 11) is 1.36. The largest absolute Gasteiger partial charge is 0.508 e. The van der Waals surface area contributed by atoms with Gasteiger partial charge in [-0.05, 0) is 24.1 Å². The molecule has 1 N–H and O–H groups in total. The van der Waals surface area contributed by atoms with Crippen LogP contribution in [0.4, 0.5) is 0 Å². The Morgan fingerprint density at radius 3 is 2.53 bits per heavy atom. The Labute approximate surface area is 89.0 Å². The highest BCUT2D eigenvalue weighted by Gasteiger charge is 2.04. The zero-order valence-electron chi connectivity index (χ0n) is 8.69. The van der Waals surface area contributed by atoms with Crippen LogP contribution < -0.4 is 0 Å². The van der Waals surface area contributed by atoms with E-state index in [2.05, 4.69) is 11.3 Å². The van der Waals surface area contributed by atoms with Gasteiger partial charge in [-0.25, -0.2) is 0 Å². The fourth-order valence-corrected chi connectivity index (χ4v) is 1.24. The Kier molecular flexibility index (Phi) is 3.92. The number of phenols is 1. The minimum atomic E-state index is -0.279. The summed E-state index contributed by atoms with van der Waals surface area (Å²) in [5.74, 6) is -0.0453. The summed E-state index contributed by atoms with van der Waals surface area (Å²) in [4.78, 5) is 10.9. The maximum absolute atomic E-state index is 10.9. The zero-order valence-corrected chi connectivity index (χ0v) is 8.69. The minimum Gasteiger partial charge on any atom is -0.508 e. The van der Waals surface area contributed by atoms with Crippen LogP contribution >= 0.6 is 0 Å². The summed E-state index contributed by atoms with van der Waals surface area (Å²) >= 11 is 0. The quantitative estimate of drug-likeness (QED) is 0.605. The number of methoxy groups -OCH3 is 1. The van der Waals surface area contributed by atoms with Gasteiger partial charge in [0.15, 0.2) is 0 Å². The van der Waals surface area contributed by atoms with Gasteiger partial charge < -0.3 is 9.84 Å². The first-order valence-corrected chi connectivity index (χ1v) is 4.63. The van der Waals surface area contributed by atoms with E-state index in [0.717, 1.165) is 11.1 Å². The number of carbonyl (C=O) groups excluding carboxylic acids is 1. The Bertz CT molecular complexity index is 352. The molecule has 0 aliphatic carbocycles. The number of hydrogen-bond acceptors (Lipinski definition) is 3. The highest BCUT2D eigenvalue weighted by atomic mass is 16.5. The molecular weight excluding hydrogens is 192 g/mol. The standard InChI is InChI=1S/C12H14O3/c1-9(8-12(14)15-2)7-10-3-5-11(13)6-4-10/h3-6,13H,1,7-8H2,2H3. The van der Waals surface area contributed by atoms with Crippen molar-refractivity contribution in [3.63, 3.8) is 0 Å². The molecule has 15 heavy (non-hydrogen) atoms. The lowest BCUT2D eigenvalue weighted by atomic mass is 10.0. The lowest BCUT2D eigenvalue weighted by Gasteiger charge is -2.04. The normalized spacial score (nSPS) is 9.67. The third kappa shape index (κ3) is 3.85. The molecule has 1 rings (SSSR count). The molecule has 0 aliphatic heterocycles. The summed E-state index contributed by atoms with van der Waals surface area (Å²) in [5.41, 5.74) is 1.81. The van der Waals surface area contributed by atoms with Gasteiger partial charge in [-0.3, -0.25) is 4.79 Å². The Morgan fingerprint density at radius 2 is 2.00 bits per heavy atom. The minimum absolute atomic E-state index is 0.234. The third-order valence-electron chi connectivity index (χ3n) is 2.01. The molecular formula is C12H14O3. The topological polar surface area (TPSA) is 46.5 Å². The van der Waals surface area contributed by atoms with Gasteiger partial charge in [0, 0.05) is 0 Å². The van der Waals surface area contributed by atoms with Crippen LogP contribution in [0.3, 0.4) is 0 Å². The molecule has 3 heteroatoms. The van der Waals surface area contributed by atoms with E-state index in [0.29, 0.717) is 6.42 Å². The molecule has 1 aromatic rings. The molecule has 0 amide bonds. The molecule has 0 atom stereocenters. The van der Waals surface area contributed by atoms with Gasteiger partial charge in [0.05, 0.1) is 13.5 Å². The monoisotopic (exact) mass is 206 g/mol. The number of phenolic OH excluding ortho intramolecular Hbond substituents is 1. The zero-order chi connectivity index (χ0) is 11.3. The van der Waals surface area contributed by atoms with E-state index in [9.17, 15) is 4.79 Å². The number of carbonyl (C=O) groups is 1. The van der Waals surface area contributed by atoms with E-state index in [4.69, 9.17) is 5.11 Å². The van der Waals surface area contributed by atoms with Crippen LogP contribution in [-0.2, 0) is 16.0 Å². The predicted octanol–water partition coefficient (Wildman–Crippen LogP) is 2.05. The van der Waals surface area contributed by atoms with Crippen molar-refractivity contribution >= 4 is 5.97 Å². The lowest BCUT2D eigenvalue weighted by Crippen LogP contribution is -2.02. The highest BCUT2D eigenvalue weighted by Crippen LogP contribution is 2.14. The van der Waals surface area contributed by atoms with Crippen molar-refractivity contribution in [2.24, 2.45) is 0 Å². The maximum atomic E-state index is 10.9. The molecule has 0 spiro atoms. The van der Waals surface area contributed by atoms with Crippen LogP contribution in [0.5, 0.6) is 5.75 Å². The molecule has 3 nitrogen and oxygen atoms in total. The van der Waals surface area contributed by atoms with Crippen molar-refractivity contribution in [2.75, 3.05) is 7.11 Å². The van der Waals surface area contributed by atoms with Crippen molar-refractivity contribution in [1.29, 1.82) is 0 Å². The van der Waals surface area contributed by atoms with Crippen molar-refractivity contribution < 1.29 is 14.6 Å². The molecule has 0 aromatic heterocycles. The van der Waals surface area contributed by atoms with E-state index in [-0.39, 0.29) is 18.1 Å². The van der Waals surface area contributed by atoms with Gasteiger partial charge in [0.1, 0.15) is 5.75 Å². The molecule has 0 bridgehead atoms. The molecule has 0 fully saturated rings. The van der Waals surface area contributed by atoms with E-state index in [1.165, 1.54) is 7.11 Å². The van der Waals surface area contributed by atoms with Crippen molar-refractivity contribution in [3.8, 4) is 5.75 Å². The van der Waals surface area contributed by atoms with E-state index in [1.807, 2.05) is 0 Å². The van der Waals surface area contributed by atoms with Crippen LogP contribution in [0.2, 0.25) is 0 Å². The second-order valence-electron chi connectivity index (χ2n) is 3.35. The first-order chi connectivity index (χ1) is 7.11. The molecule has 0 unspecified atom stereocenters. The molecule has 1 aromatic carbocycles. The van der Waals surface area contributed by atoms with Crippen LogP contribution in [0.25, 0.3) is 0 Å². The van der Waals surface area contributed by atoms with E-state index in [1.54, 1.807) is 24.3 Å². The molecule has 80 valence electrons. The van der Waals surface area contributed by atoms with Gasteiger partial charge in [-0.2, -0.15) is 0 Å². The first kappa shape index (κ1) is 11.3. The van der Waals surface area contributed by atoms with Crippen LogP contribution in [0, 0.1) is 0 Å². The summed E-state index contributed by atoms with van der Waals surface area (Å²) in [6.07, 6.45) is 0.854. The number of aromatic hydroxyl groups is 1. The number of benzene rings is 1. The van der Waals surface area contributed by atoms with Gasteiger partial charge in [-0.1, -0.05) is 24.3 Å². The van der Waals surface area contributed by atoms with Gasteiger partial charge in [-0.15, -0.1) is 0 Å². The van der Waals surface area contributed by atoms with Gasteiger partial charge >= 0.3 is 5.97 Å². The Morgan fingerprint density at radius 1 is 1.40 bits per heavy atom. The van der Waals surface area contributed by atoms with Crippen molar-refractivity contribution in [2.45, 2.75) is 12.8 Å². The molecule has 0 saturated heterocycles. The predicted molar refractivity (Wildman–Crippen MR) is 57.6 cm³/mol. The van der Waals surface area contributed by atoms with Gasteiger partial charge in [0.25, 0.3) is 0 Å². The van der Waals surface area contributed by atoms with Crippen LogP contribution in [0.1, 0.15) is 12.0 Å². The number of hydrogen-bond donors (Lipinski definition) is 1. The SMILES string of the molecule is C=C(CC(=O)OC)Cc1ccc(O)cc1. The second-order valence-corrected chi connectivity index (χ2v) is 3.35. The average molecular weight is 206 g/mol. The molecule has 0 aliphatic rings. The van der Waals surface area contributed by atoms with Crippen molar-refractivity contribution in [3.05, 3.63) is 42.0 Å². The maximum Gasteiger partial charge on any atom is 0.309 e. The molecule has 0 radical (unpaired) electrons. The smallest absolute Gasteiger partial charge is 0.309 e. The van der Waals surface area contributed by atoms with Crippen LogP contribution in [-0.4, -0.2) is 18.2 Å². The van der Waals surface area contributed by atoms with E-state index < -0.39 is 0 Å². The lowest BCUT2D eigenvalue weighted by molar-refractivity contribution is -0.139. The Hall–Kier alpha value is -1.77. The van der Waals surface area contributed by atoms with Crippen molar-refractivity contribution in [1.82, 2.24) is 0 Å². The summed E-state index contributed by atoms with van der Waals surface area (Å²) in [6.45, 7) is 3.80. The molecule has 0 saturated carbocycles. The van der Waals surface area contributed by atoms with Crippen LogP contribution in [0.15, 0.2) is 36.4 Å².